The Kier molecular flexibility index (Phi) is 6.84. The van der Waals surface area contributed by atoms with Gasteiger partial charge in [0.15, 0.2) is 0 Å². The van der Waals surface area contributed by atoms with Gasteiger partial charge in [-0.1, -0.05) is 6.92 Å². The fraction of sp³-hybridized carbons (Fsp3) is 0.481. The van der Waals surface area contributed by atoms with Crippen molar-refractivity contribution in [2.24, 2.45) is 0 Å². The second kappa shape index (κ2) is 10.0. The highest BCUT2D eigenvalue weighted by Crippen LogP contribution is 2.37. The summed E-state index contributed by atoms with van der Waals surface area (Å²) in [5, 5.41) is 3.02. The van der Waals surface area contributed by atoms with E-state index < -0.39 is 0 Å². The van der Waals surface area contributed by atoms with Gasteiger partial charge in [0.1, 0.15) is 0 Å². The van der Waals surface area contributed by atoms with E-state index in [0.29, 0.717) is 12.0 Å². The highest BCUT2D eigenvalue weighted by molar-refractivity contribution is 7.99. The molecule has 34 heavy (non-hydrogen) atoms. The molecule has 7 heteroatoms. The minimum absolute atomic E-state index is 0.0549. The molecule has 2 amide bonds. The number of benzene rings is 1. The number of aromatic nitrogens is 1. The summed E-state index contributed by atoms with van der Waals surface area (Å²) >= 11 is 1.78. The summed E-state index contributed by atoms with van der Waals surface area (Å²) in [6, 6.07) is 6.19. The van der Waals surface area contributed by atoms with E-state index >= 15 is 0 Å². The van der Waals surface area contributed by atoms with Crippen LogP contribution < -0.4 is 5.32 Å². The van der Waals surface area contributed by atoms with Crippen LogP contribution in [0.15, 0.2) is 23.1 Å². The number of carbonyl (C=O) groups is 2. The molecule has 1 saturated heterocycles. The van der Waals surface area contributed by atoms with Crippen LogP contribution in [0, 0.1) is 0 Å². The first-order valence-corrected chi connectivity index (χ1v) is 13.5. The number of thioether (sulfide) groups is 1. The third-order valence-electron chi connectivity index (χ3n) is 7.26. The molecule has 1 aliphatic carbocycles. The van der Waals surface area contributed by atoms with E-state index in [4.69, 9.17) is 0 Å². The summed E-state index contributed by atoms with van der Waals surface area (Å²) in [4.78, 5) is 34.9. The van der Waals surface area contributed by atoms with Crippen molar-refractivity contribution >= 4 is 40.9 Å². The van der Waals surface area contributed by atoms with E-state index in [1.807, 2.05) is 17.0 Å². The highest BCUT2D eigenvalue weighted by Gasteiger charge is 2.27. The number of aromatic amines is 1. The predicted octanol–water partition coefficient (Wildman–Crippen LogP) is 4.20. The molecule has 5 rings (SSSR count). The number of hydrogen-bond acceptors (Lipinski definition) is 4. The van der Waals surface area contributed by atoms with Gasteiger partial charge in [-0.05, 0) is 80.3 Å². The zero-order chi connectivity index (χ0) is 23.7. The highest BCUT2D eigenvalue weighted by atomic mass is 32.2. The molecule has 1 aromatic heterocycles. The fourth-order valence-corrected chi connectivity index (χ4v) is 6.04. The minimum atomic E-state index is -0.0549. The monoisotopic (exact) mass is 478 g/mol. The molecule has 2 aromatic rings. The number of likely N-dealkylation sites (N-methyl/N-ethyl adjacent to an activating group) is 1. The molecule has 2 aliphatic heterocycles. The molecule has 0 atom stereocenters. The first-order valence-electron chi connectivity index (χ1n) is 12.5. The van der Waals surface area contributed by atoms with Crippen LogP contribution in [0.5, 0.6) is 0 Å². The van der Waals surface area contributed by atoms with Gasteiger partial charge >= 0.3 is 0 Å². The molecular formula is C27H34N4O2S. The maximum Gasteiger partial charge on any atom is 0.256 e. The van der Waals surface area contributed by atoms with E-state index in [1.54, 1.807) is 11.8 Å². The molecule has 0 unspecified atom stereocenters. The lowest BCUT2D eigenvalue weighted by molar-refractivity contribution is -0.132. The Morgan fingerprint density at radius 2 is 1.94 bits per heavy atom. The molecule has 2 N–H and O–H groups in total. The van der Waals surface area contributed by atoms with Gasteiger partial charge in [0.2, 0.25) is 5.91 Å². The molecule has 0 spiro atoms. The number of anilines is 1. The van der Waals surface area contributed by atoms with Crippen LogP contribution in [0.25, 0.3) is 11.6 Å². The van der Waals surface area contributed by atoms with Gasteiger partial charge in [-0.2, -0.15) is 0 Å². The van der Waals surface area contributed by atoms with Crippen LogP contribution in [0.2, 0.25) is 0 Å². The second-order valence-corrected chi connectivity index (χ2v) is 10.9. The minimum Gasteiger partial charge on any atom is -0.358 e. The van der Waals surface area contributed by atoms with Crippen molar-refractivity contribution in [1.29, 1.82) is 0 Å². The number of carbonyl (C=O) groups excluding carboxylic acids is 2. The maximum atomic E-state index is 13.0. The molecule has 0 saturated carbocycles. The number of nitrogens with one attached hydrogen (secondary N) is 2. The van der Waals surface area contributed by atoms with Crippen LogP contribution in [0.1, 0.15) is 54.3 Å². The van der Waals surface area contributed by atoms with Crippen molar-refractivity contribution in [2.45, 2.75) is 50.3 Å². The fourth-order valence-electron chi connectivity index (χ4n) is 5.34. The summed E-state index contributed by atoms with van der Waals surface area (Å²) in [5.74, 6) is 1.18. The molecule has 1 aromatic carbocycles. The van der Waals surface area contributed by atoms with Gasteiger partial charge in [-0.25, -0.2) is 0 Å². The second-order valence-electron chi connectivity index (χ2n) is 9.52. The number of nitrogens with zero attached hydrogens (tertiary/aromatic N) is 2. The average molecular weight is 479 g/mol. The summed E-state index contributed by atoms with van der Waals surface area (Å²) in [6.45, 7) is 5.64. The summed E-state index contributed by atoms with van der Waals surface area (Å²) in [5.41, 5.74) is 7.44. The largest absolute Gasteiger partial charge is 0.358 e. The van der Waals surface area contributed by atoms with E-state index in [-0.39, 0.29) is 11.8 Å². The number of piperazine rings is 1. The number of aryl methyl sites for hydroxylation is 1. The Bertz CT molecular complexity index is 1130. The lowest BCUT2D eigenvalue weighted by Gasteiger charge is -2.32. The van der Waals surface area contributed by atoms with Crippen LogP contribution in [0.4, 0.5) is 5.69 Å². The van der Waals surface area contributed by atoms with E-state index in [1.165, 1.54) is 34.6 Å². The first kappa shape index (κ1) is 23.2. The third-order valence-corrected chi connectivity index (χ3v) is 8.14. The molecular weight excluding hydrogens is 444 g/mol. The van der Waals surface area contributed by atoms with Gasteiger partial charge in [0.05, 0.1) is 5.57 Å². The summed E-state index contributed by atoms with van der Waals surface area (Å²) < 4.78 is 0. The SMILES string of the molecule is CCSc1ccc2c(c1)/C(=C/c1[nH]c3c(c1CCC(=O)N1CCN(C)CC1)CCCC3)C(=O)N2. The molecule has 6 nitrogen and oxygen atoms in total. The molecule has 0 bridgehead atoms. The van der Waals surface area contributed by atoms with Gasteiger partial charge in [-0.3, -0.25) is 9.59 Å². The van der Waals surface area contributed by atoms with Crippen LogP contribution in [-0.4, -0.2) is 65.6 Å². The average Bonchev–Trinajstić information content (AvgIpc) is 3.35. The third kappa shape index (κ3) is 4.68. The molecule has 3 aliphatic rings. The van der Waals surface area contributed by atoms with Crippen molar-refractivity contribution in [3.63, 3.8) is 0 Å². The Morgan fingerprint density at radius 1 is 1.15 bits per heavy atom. The first-order chi connectivity index (χ1) is 16.5. The Hall–Kier alpha value is -2.51. The zero-order valence-corrected chi connectivity index (χ0v) is 21.0. The number of H-pyrrole nitrogens is 1. The summed E-state index contributed by atoms with van der Waals surface area (Å²) in [7, 11) is 2.11. The maximum absolute atomic E-state index is 13.0. The van der Waals surface area contributed by atoms with Crippen molar-refractivity contribution in [3.8, 4) is 0 Å². The van der Waals surface area contributed by atoms with Crippen molar-refractivity contribution in [1.82, 2.24) is 14.8 Å². The van der Waals surface area contributed by atoms with Crippen LogP contribution >= 0.6 is 11.8 Å². The van der Waals surface area contributed by atoms with Crippen molar-refractivity contribution in [3.05, 3.63) is 46.3 Å². The predicted molar refractivity (Wildman–Crippen MR) is 139 cm³/mol. The quantitative estimate of drug-likeness (QED) is 0.482. The molecule has 1 fully saturated rings. The Balaban J connectivity index is 1.43. The Morgan fingerprint density at radius 3 is 2.74 bits per heavy atom. The summed E-state index contributed by atoms with van der Waals surface area (Å²) in [6.07, 6.45) is 7.71. The number of amides is 2. The molecule has 3 heterocycles. The van der Waals surface area contributed by atoms with Gasteiger partial charge in [0, 0.05) is 60.1 Å². The number of rotatable bonds is 6. The lowest BCUT2D eigenvalue weighted by atomic mass is 9.92. The molecule has 180 valence electrons. The van der Waals surface area contributed by atoms with Crippen LogP contribution in [0.3, 0.4) is 0 Å². The number of fused-ring (bicyclic) bond motifs is 2. The van der Waals surface area contributed by atoms with E-state index in [2.05, 4.69) is 41.3 Å². The lowest BCUT2D eigenvalue weighted by Crippen LogP contribution is -2.47. The topological polar surface area (TPSA) is 68.4 Å². The van der Waals surface area contributed by atoms with Gasteiger partial charge in [-0.15, -0.1) is 11.8 Å². The molecule has 0 radical (unpaired) electrons. The van der Waals surface area contributed by atoms with E-state index in [0.717, 1.165) is 68.1 Å². The zero-order valence-electron chi connectivity index (χ0n) is 20.2. The van der Waals surface area contributed by atoms with Gasteiger partial charge < -0.3 is 20.1 Å². The van der Waals surface area contributed by atoms with Gasteiger partial charge in [0.25, 0.3) is 5.91 Å². The normalized spacial score (nSPS) is 19.3. The van der Waals surface area contributed by atoms with Crippen molar-refractivity contribution in [2.75, 3.05) is 44.3 Å². The van der Waals surface area contributed by atoms with Crippen LogP contribution in [-0.2, 0) is 28.9 Å². The van der Waals surface area contributed by atoms with Crippen molar-refractivity contribution < 1.29 is 9.59 Å². The Labute approximate surface area is 206 Å². The van der Waals surface area contributed by atoms with E-state index in [9.17, 15) is 9.59 Å². The standard InChI is InChI=1S/C27H34N4O2S/c1-3-34-18-8-10-24-21(16-18)22(27(33)29-24)17-25-20(19-6-4-5-7-23(19)28-25)9-11-26(32)31-14-12-30(2)13-15-31/h8,10,16-17,28H,3-7,9,11-15H2,1-2H3,(H,29,33)/b22-17-. The smallest absolute Gasteiger partial charge is 0.256 e. The number of hydrogen-bond donors (Lipinski definition) is 2.